The number of nitrogens with zero attached hydrogens (tertiary/aromatic N) is 1. The van der Waals surface area contributed by atoms with Crippen molar-refractivity contribution in [3.8, 4) is 17.0 Å². The van der Waals surface area contributed by atoms with Gasteiger partial charge in [0.1, 0.15) is 11.6 Å². The monoisotopic (exact) mass is 410 g/mol. The number of benzene rings is 2. The van der Waals surface area contributed by atoms with Crippen LogP contribution in [0.3, 0.4) is 0 Å². The first-order valence-corrected chi connectivity index (χ1v) is 9.20. The van der Waals surface area contributed by atoms with E-state index in [9.17, 15) is 9.18 Å². The van der Waals surface area contributed by atoms with Crippen LogP contribution >= 0.6 is 34.5 Å². The summed E-state index contributed by atoms with van der Waals surface area (Å²) in [4.78, 5) is 16.6. The Labute approximate surface area is 163 Å². The average molecular weight is 411 g/mol. The Kier molecular flexibility index (Phi) is 5.76. The molecule has 0 bridgehead atoms. The van der Waals surface area contributed by atoms with Gasteiger partial charge in [0.25, 0.3) is 5.91 Å². The molecule has 1 amide bonds. The fourth-order valence-electron chi connectivity index (χ4n) is 2.11. The van der Waals surface area contributed by atoms with Crippen LogP contribution in [-0.2, 0) is 4.79 Å². The Hall–Kier alpha value is -2.15. The van der Waals surface area contributed by atoms with E-state index in [2.05, 4.69) is 10.3 Å². The minimum absolute atomic E-state index is 0.315. The molecule has 1 atom stereocenters. The van der Waals surface area contributed by atoms with Crippen LogP contribution in [0.25, 0.3) is 11.3 Å². The lowest BCUT2D eigenvalue weighted by Crippen LogP contribution is -2.30. The number of carbonyl (C=O) groups excluding carboxylic acids is 1. The van der Waals surface area contributed by atoms with Crippen molar-refractivity contribution in [2.45, 2.75) is 13.0 Å². The molecule has 0 unspecified atom stereocenters. The van der Waals surface area contributed by atoms with Gasteiger partial charge in [-0.05, 0) is 49.4 Å². The molecule has 0 spiro atoms. The van der Waals surface area contributed by atoms with Crippen molar-refractivity contribution in [3.05, 3.63) is 63.7 Å². The molecular weight excluding hydrogens is 398 g/mol. The summed E-state index contributed by atoms with van der Waals surface area (Å²) in [6, 6.07) is 10.7. The lowest BCUT2D eigenvalue weighted by molar-refractivity contribution is -0.122. The highest BCUT2D eigenvalue weighted by atomic mass is 35.5. The lowest BCUT2D eigenvalue weighted by Gasteiger charge is -2.14. The SMILES string of the molecule is C[C@H](Oc1ccc(Cl)cc1Cl)C(=O)Nc1nc(-c2ccc(F)cc2)cs1. The predicted molar refractivity (Wildman–Crippen MR) is 103 cm³/mol. The summed E-state index contributed by atoms with van der Waals surface area (Å²) in [7, 11) is 0. The van der Waals surface area contributed by atoms with E-state index in [-0.39, 0.29) is 11.7 Å². The summed E-state index contributed by atoms with van der Waals surface area (Å²) in [5.41, 5.74) is 1.42. The number of ether oxygens (including phenoxy) is 1. The number of nitrogens with one attached hydrogen (secondary N) is 1. The van der Waals surface area contributed by atoms with Crippen molar-refractivity contribution in [1.29, 1.82) is 0 Å². The van der Waals surface area contributed by atoms with Gasteiger partial charge < -0.3 is 4.74 Å². The number of hydrogen-bond donors (Lipinski definition) is 1. The van der Waals surface area contributed by atoms with Crippen molar-refractivity contribution in [3.63, 3.8) is 0 Å². The van der Waals surface area contributed by atoms with Crippen LogP contribution in [0.5, 0.6) is 5.75 Å². The number of hydrogen-bond acceptors (Lipinski definition) is 4. The molecule has 1 aromatic heterocycles. The van der Waals surface area contributed by atoms with Gasteiger partial charge in [-0.3, -0.25) is 10.1 Å². The molecule has 8 heteroatoms. The maximum absolute atomic E-state index is 13.0. The van der Waals surface area contributed by atoms with E-state index in [0.717, 1.165) is 5.56 Å². The zero-order chi connectivity index (χ0) is 18.7. The third kappa shape index (κ3) is 4.52. The Morgan fingerprint density at radius 3 is 2.65 bits per heavy atom. The fourth-order valence-corrected chi connectivity index (χ4v) is 3.28. The Bertz CT molecular complexity index is 931. The molecule has 0 aliphatic rings. The summed E-state index contributed by atoms with van der Waals surface area (Å²) in [5.74, 6) is -0.315. The molecule has 0 saturated heterocycles. The minimum atomic E-state index is -0.785. The smallest absolute Gasteiger partial charge is 0.266 e. The molecule has 1 heterocycles. The van der Waals surface area contributed by atoms with E-state index < -0.39 is 6.10 Å². The highest BCUT2D eigenvalue weighted by Crippen LogP contribution is 2.29. The molecule has 0 aliphatic heterocycles. The first kappa shape index (κ1) is 18.6. The third-order valence-corrected chi connectivity index (χ3v) is 4.73. The maximum Gasteiger partial charge on any atom is 0.266 e. The number of anilines is 1. The normalized spacial score (nSPS) is 11.8. The van der Waals surface area contributed by atoms with Gasteiger partial charge in [0.05, 0.1) is 10.7 Å². The summed E-state index contributed by atoms with van der Waals surface area (Å²) >= 11 is 13.2. The van der Waals surface area contributed by atoms with Gasteiger partial charge in [0.15, 0.2) is 11.2 Å². The zero-order valence-corrected chi connectivity index (χ0v) is 15.8. The fraction of sp³-hybridized carbons (Fsp3) is 0.111. The second-order valence-corrected chi connectivity index (χ2v) is 7.07. The van der Waals surface area contributed by atoms with Crippen LogP contribution in [0, 0.1) is 5.82 Å². The number of thiazole rings is 1. The van der Waals surface area contributed by atoms with Crippen molar-refractivity contribution in [2.75, 3.05) is 5.32 Å². The molecule has 0 saturated carbocycles. The van der Waals surface area contributed by atoms with Crippen LogP contribution in [0.4, 0.5) is 9.52 Å². The van der Waals surface area contributed by atoms with Crippen LogP contribution in [0.2, 0.25) is 10.0 Å². The van der Waals surface area contributed by atoms with Gasteiger partial charge in [0.2, 0.25) is 0 Å². The summed E-state index contributed by atoms with van der Waals surface area (Å²) in [6.45, 7) is 1.61. The highest BCUT2D eigenvalue weighted by Gasteiger charge is 2.18. The van der Waals surface area contributed by atoms with Gasteiger partial charge >= 0.3 is 0 Å². The quantitative estimate of drug-likeness (QED) is 0.589. The van der Waals surface area contributed by atoms with Gasteiger partial charge in [0, 0.05) is 16.0 Å². The first-order valence-electron chi connectivity index (χ1n) is 7.56. The van der Waals surface area contributed by atoms with E-state index in [4.69, 9.17) is 27.9 Å². The minimum Gasteiger partial charge on any atom is -0.479 e. The van der Waals surface area contributed by atoms with Gasteiger partial charge in [-0.25, -0.2) is 9.37 Å². The molecule has 3 rings (SSSR count). The average Bonchev–Trinajstić information content (AvgIpc) is 3.06. The maximum atomic E-state index is 13.0. The molecule has 4 nitrogen and oxygen atoms in total. The summed E-state index contributed by atoms with van der Waals surface area (Å²) in [6.07, 6.45) is -0.785. The van der Waals surface area contributed by atoms with E-state index in [0.29, 0.717) is 26.6 Å². The number of aromatic nitrogens is 1. The molecule has 26 heavy (non-hydrogen) atoms. The van der Waals surface area contributed by atoms with Gasteiger partial charge in [-0.2, -0.15) is 0 Å². The lowest BCUT2D eigenvalue weighted by atomic mass is 10.2. The second-order valence-electron chi connectivity index (χ2n) is 5.37. The van der Waals surface area contributed by atoms with Crippen LogP contribution < -0.4 is 10.1 Å². The van der Waals surface area contributed by atoms with Crippen LogP contribution in [0.1, 0.15) is 6.92 Å². The number of halogens is 3. The molecule has 1 N–H and O–H groups in total. The van der Waals surface area contributed by atoms with E-state index in [1.807, 2.05) is 0 Å². The van der Waals surface area contributed by atoms with E-state index >= 15 is 0 Å². The Morgan fingerprint density at radius 1 is 1.23 bits per heavy atom. The topological polar surface area (TPSA) is 51.2 Å². The van der Waals surface area contributed by atoms with Crippen LogP contribution in [0.15, 0.2) is 47.8 Å². The van der Waals surface area contributed by atoms with Crippen molar-refractivity contribution < 1.29 is 13.9 Å². The van der Waals surface area contributed by atoms with E-state index in [1.54, 1.807) is 42.6 Å². The standard InChI is InChI=1S/C18H13Cl2FN2O2S/c1-10(25-16-7-4-12(19)8-14(16)20)17(24)23-18-22-15(9-26-18)11-2-5-13(21)6-3-11/h2-10H,1H3,(H,22,23,24)/t10-/m0/s1. The number of amides is 1. The molecular formula is C18H13Cl2FN2O2S. The summed E-state index contributed by atoms with van der Waals surface area (Å²) in [5, 5.41) is 5.71. The summed E-state index contributed by atoms with van der Waals surface area (Å²) < 4.78 is 18.6. The molecule has 0 fully saturated rings. The number of carbonyl (C=O) groups is 1. The predicted octanol–water partition coefficient (Wildman–Crippen LogP) is 5.66. The Balaban J connectivity index is 1.65. The Morgan fingerprint density at radius 2 is 1.96 bits per heavy atom. The largest absolute Gasteiger partial charge is 0.479 e. The molecule has 134 valence electrons. The van der Waals surface area contributed by atoms with Gasteiger partial charge in [-0.15, -0.1) is 11.3 Å². The zero-order valence-electron chi connectivity index (χ0n) is 13.5. The van der Waals surface area contributed by atoms with Crippen molar-refractivity contribution in [2.24, 2.45) is 0 Å². The van der Waals surface area contributed by atoms with Gasteiger partial charge in [-0.1, -0.05) is 23.2 Å². The second kappa shape index (κ2) is 8.03. The van der Waals surface area contributed by atoms with Crippen molar-refractivity contribution in [1.82, 2.24) is 4.98 Å². The third-order valence-electron chi connectivity index (χ3n) is 3.44. The highest BCUT2D eigenvalue weighted by molar-refractivity contribution is 7.14. The van der Waals surface area contributed by atoms with Crippen molar-refractivity contribution >= 4 is 45.6 Å². The number of rotatable bonds is 5. The van der Waals surface area contributed by atoms with E-state index in [1.165, 1.54) is 23.5 Å². The molecule has 0 radical (unpaired) electrons. The first-order chi connectivity index (χ1) is 12.4. The molecule has 3 aromatic rings. The van der Waals surface area contributed by atoms with Crippen LogP contribution in [-0.4, -0.2) is 17.0 Å². The molecule has 0 aliphatic carbocycles. The molecule has 2 aromatic carbocycles.